The van der Waals surface area contributed by atoms with Crippen molar-refractivity contribution in [1.29, 1.82) is 0 Å². The molecule has 1 atom stereocenters. The predicted molar refractivity (Wildman–Crippen MR) is 89.7 cm³/mol. The maximum atomic E-state index is 11.6. The molecule has 0 aliphatic rings. The second-order valence-electron chi connectivity index (χ2n) is 5.86. The third kappa shape index (κ3) is 11.7. The minimum atomic E-state index is -0.751. The summed E-state index contributed by atoms with van der Waals surface area (Å²) in [5.41, 5.74) is 0.377. The van der Waals surface area contributed by atoms with E-state index in [1.807, 2.05) is 0 Å². The summed E-state index contributed by atoms with van der Waals surface area (Å²) >= 11 is 0. The highest BCUT2D eigenvalue weighted by Gasteiger charge is 2.14. The van der Waals surface area contributed by atoms with Crippen LogP contribution in [-0.2, 0) is 14.3 Å². The van der Waals surface area contributed by atoms with Gasteiger partial charge in [0.05, 0.1) is 6.10 Å². The van der Waals surface area contributed by atoms with Gasteiger partial charge in [0.25, 0.3) is 0 Å². The normalized spacial score (nSPS) is 12.8. The second kappa shape index (κ2) is 13.0. The highest BCUT2D eigenvalue weighted by Crippen LogP contribution is 2.11. The van der Waals surface area contributed by atoms with Crippen molar-refractivity contribution < 1.29 is 24.5 Å². The van der Waals surface area contributed by atoms with Crippen LogP contribution in [0.4, 0.5) is 0 Å². The monoisotopic (exact) mass is 326 g/mol. The van der Waals surface area contributed by atoms with Gasteiger partial charge in [0.2, 0.25) is 0 Å². The van der Waals surface area contributed by atoms with Crippen LogP contribution in [0.25, 0.3) is 0 Å². The van der Waals surface area contributed by atoms with Gasteiger partial charge in [0.15, 0.2) is 0 Å². The first kappa shape index (κ1) is 21.5. The molecule has 0 fully saturated rings. The standard InChI is InChI=1S/C18H30O5/c1-14(2)17(21)23-18(22)15(3)13-16(20)11-9-7-5-4-6-8-10-12-19/h13,16,19-20H,1,4-12H2,2-3H3. The zero-order valence-corrected chi connectivity index (χ0v) is 14.3. The van der Waals surface area contributed by atoms with E-state index in [0.29, 0.717) is 6.42 Å². The molecule has 0 saturated carbocycles. The van der Waals surface area contributed by atoms with Gasteiger partial charge in [-0.1, -0.05) is 45.1 Å². The Bertz CT molecular complexity index is 412. The van der Waals surface area contributed by atoms with Crippen molar-refractivity contribution in [3.63, 3.8) is 0 Å². The summed E-state index contributed by atoms with van der Waals surface area (Å²) in [6, 6.07) is 0. The molecule has 23 heavy (non-hydrogen) atoms. The number of ether oxygens (including phenoxy) is 1. The first-order chi connectivity index (χ1) is 10.9. The van der Waals surface area contributed by atoms with Crippen LogP contribution in [0.5, 0.6) is 0 Å². The molecule has 5 nitrogen and oxygen atoms in total. The summed E-state index contributed by atoms with van der Waals surface area (Å²) in [5.74, 6) is -1.50. The van der Waals surface area contributed by atoms with E-state index in [1.54, 1.807) is 0 Å². The van der Waals surface area contributed by atoms with E-state index in [4.69, 9.17) is 5.11 Å². The Morgan fingerprint density at radius 3 is 2.04 bits per heavy atom. The number of hydrogen-bond acceptors (Lipinski definition) is 5. The summed E-state index contributed by atoms with van der Waals surface area (Å²) in [6.45, 7) is 6.64. The van der Waals surface area contributed by atoms with Crippen LogP contribution < -0.4 is 0 Å². The Kier molecular flexibility index (Phi) is 12.2. The fourth-order valence-corrected chi connectivity index (χ4v) is 2.04. The Morgan fingerprint density at radius 1 is 1.00 bits per heavy atom. The lowest BCUT2D eigenvalue weighted by molar-refractivity contribution is -0.154. The molecule has 0 aromatic carbocycles. The van der Waals surface area contributed by atoms with Gasteiger partial charge < -0.3 is 14.9 Å². The maximum Gasteiger partial charge on any atom is 0.341 e. The van der Waals surface area contributed by atoms with Crippen molar-refractivity contribution >= 4 is 11.9 Å². The summed E-state index contributed by atoms with van der Waals surface area (Å²) in [6.07, 6.45) is 8.51. The molecular weight excluding hydrogens is 296 g/mol. The fraction of sp³-hybridized carbons (Fsp3) is 0.667. The van der Waals surface area contributed by atoms with E-state index < -0.39 is 18.0 Å². The lowest BCUT2D eigenvalue weighted by Crippen LogP contribution is -2.15. The Balaban J connectivity index is 3.89. The molecule has 0 heterocycles. The highest BCUT2D eigenvalue weighted by molar-refractivity contribution is 6.01. The Morgan fingerprint density at radius 2 is 1.52 bits per heavy atom. The van der Waals surface area contributed by atoms with Crippen LogP contribution in [0.3, 0.4) is 0 Å². The molecule has 2 N–H and O–H groups in total. The lowest BCUT2D eigenvalue weighted by Gasteiger charge is -2.08. The minimum Gasteiger partial charge on any atom is -0.396 e. The zero-order chi connectivity index (χ0) is 17.7. The molecule has 0 radical (unpaired) electrons. The van der Waals surface area contributed by atoms with Crippen LogP contribution in [0.1, 0.15) is 65.2 Å². The van der Waals surface area contributed by atoms with E-state index in [-0.39, 0.29) is 17.8 Å². The number of rotatable bonds is 12. The molecule has 1 unspecified atom stereocenters. The van der Waals surface area contributed by atoms with Crippen molar-refractivity contribution in [2.24, 2.45) is 0 Å². The number of hydrogen-bond donors (Lipinski definition) is 2. The SMILES string of the molecule is C=C(C)C(=O)OC(=O)C(C)=CC(O)CCCCCCCCCO. The number of aliphatic hydroxyl groups excluding tert-OH is 2. The number of aliphatic hydroxyl groups is 2. The van der Waals surface area contributed by atoms with Gasteiger partial charge in [-0.25, -0.2) is 9.59 Å². The molecule has 0 rings (SSSR count). The number of carbonyl (C=O) groups excluding carboxylic acids is 2. The molecule has 0 spiro atoms. The quantitative estimate of drug-likeness (QED) is 0.249. The fourth-order valence-electron chi connectivity index (χ4n) is 2.04. The van der Waals surface area contributed by atoms with Crippen molar-refractivity contribution in [2.75, 3.05) is 6.61 Å². The van der Waals surface area contributed by atoms with Gasteiger partial charge in [0.1, 0.15) is 0 Å². The number of carbonyl (C=O) groups is 2. The van der Waals surface area contributed by atoms with Gasteiger partial charge in [-0.3, -0.25) is 0 Å². The van der Waals surface area contributed by atoms with Crippen LogP contribution in [0.2, 0.25) is 0 Å². The molecule has 0 saturated heterocycles. The predicted octanol–water partition coefficient (Wildman–Crippen LogP) is 3.05. The van der Waals surface area contributed by atoms with Crippen LogP contribution in [0.15, 0.2) is 23.8 Å². The average Bonchev–Trinajstić information content (AvgIpc) is 2.49. The van der Waals surface area contributed by atoms with Crippen molar-refractivity contribution in [1.82, 2.24) is 0 Å². The van der Waals surface area contributed by atoms with Gasteiger partial charge in [-0.2, -0.15) is 0 Å². The molecule has 0 amide bonds. The topological polar surface area (TPSA) is 83.8 Å². The zero-order valence-electron chi connectivity index (χ0n) is 14.3. The van der Waals surface area contributed by atoms with E-state index in [1.165, 1.54) is 19.9 Å². The van der Waals surface area contributed by atoms with E-state index in [2.05, 4.69) is 11.3 Å². The Hall–Kier alpha value is -1.46. The van der Waals surface area contributed by atoms with Gasteiger partial charge in [0, 0.05) is 17.8 Å². The van der Waals surface area contributed by atoms with E-state index in [0.717, 1.165) is 44.9 Å². The molecule has 132 valence electrons. The summed E-state index contributed by atoms with van der Waals surface area (Å²) in [4.78, 5) is 22.8. The maximum absolute atomic E-state index is 11.6. The molecular formula is C18H30O5. The summed E-state index contributed by atoms with van der Waals surface area (Å²) in [7, 11) is 0. The number of esters is 2. The lowest BCUT2D eigenvalue weighted by atomic mass is 10.1. The van der Waals surface area contributed by atoms with Gasteiger partial charge >= 0.3 is 11.9 Å². The van der Waals surface area contributed by atoms with Gasteiger partial charge in [-0.15, -0.1) is 0 Å². The number of unbranched alkanes of at least 4 members (excludes halogenated alkanes) is 6. The molecule has 0 aromatic rings. The van der Waals surface area contributed by atoms with E-state index in [9.17, 15) is 14.7 Å². The second-order valence-corrected chi connectivity index (χ2v) is 5.86. The molecule has 0 aliphatic heterocycles. The third-order valence-corrected chi connectivity index (χ3v) is 3.46. The smallest absolute Gasteiger partial charge is 0.341 e. The summed E-state index contributed by atoms with van der Waals surface area (Å²) in [5, 5.41) is 18.5. The first-order valence-corrected chi connectivity index (χ1v) is 8.27. The molecule has 0 bridgehead atoms. The van der Waals surface area contributed by atoms with Crippen LogP contribution >= 0.6 is 0 Å². The molecule has 0 aliphatic carbocycles. The van der Waals surface area contributed by atoms with Crippen molar-refractivity contribution in [2.45, 2.75) is 71.3 Å². The van der Waals surface area contributed by atoms with Crippen LogP contribution in [-0.4, -0.2) is 34.9 Å². The van der Waals surface area contributed by atoms with Crippen molar-refractivity contribution in [3.05, 3.63) is 23.8 Å². The first-order valence-electron chi connectivity index (χ1n) is 8.27. The van der Waals surface area contributed by atoms with Gasteiger partial charge in [-0.05, 0) is 32.8 Å². The minimum absolute atomic E-state index is 0.158. The average molecular weight is 326 g/mol. The highest BCUT2D eigenvalue weighted by atomic mass is 16.6. The largest absolute Gasteiger partial charge is 0.396 e. The third-order valence-electron chi connectivity index (χ3n) is 3.46. The molecule has 5 heteroatoms. The summed E-state index contributed by atoms with van der Waals surface area (Å²) < 4.78 is 4.59. The van der Waals surface area contributed by atoms with Crippen LogP contribution in [0, 0.1) is 0 Å². The molecule has 0 aromatic heterocycles. The Labute approximate surface area is 139 Å². The van der Waals surface area contributed by atoms with Crippen molar-refractivity contribution in [3.8, 4) is 0 Å². The van der Waals surface area contributed by atoms with E-state index >= 15 is 0 Å².